The Balaban J connectivity index is 1.71. The zero-order valence-electron chi connectivity index (χ0n) is 15.0. The van der Waals surface area contributed by atoms with Gasteiger partial charge in [0, 0.05) is 44.4 Å². The second-order valence-corrected chi connectivity index (χ2v) is 6.55. The Morgan fingerprint density at radius 3 is 2.67 bits per heavy atom. The molecule has 0 aliphatic carbocycles. The van der Waals surface area contributed by atoms with E-state index in [0.717, 1.165) is 10.9 Å². The molecule has 27 heavy (non-hydrogen) atoms. The van der Waals surface area contributed by atoms with Gasteiger partial charge in [-0.05, 0) is 24.3 Å². The molecular weight excluding hydrogens is 350 g/mol. The quantitative estimate of drug-likeness (QED) is 0.817. The fourth-order valence-corrected chi connectivity index (χ4v) is 3.13. The first kappa shape index (κ1) is 18.6. The van der Waals surface area contributed by atoms with Gasteiger partial charge in [0.25, 0.3) is 0 Å². The van der Waals surface area contributed by atoms with E-state index >= 15 is 0 Å². The number of amides is 2. The van der Waals surface area contributed by atoms with Crippen LogP contribution < -0.4 is 10.1 Å². The van der Waals surface area contributed by atoms with Crippen LogP contribution in [-0.4, -0.2) is 58.0 Å². The summed E-state index contributed by atoms with van der Waals surface area (Å²) in [5.74, 6) is -1.12. The summed E-state index contributed by atoms with van der Waals surface area (Å²) in [6, 6.07) is 8.94. The molecule has 0 radical (unpaired) electrons. The number of rotatable bonds is 5. The number of likely N-dealkylation sites (tertiary alicyclic amines) is 1. The van der Waals surface area contributed by atoms with E-state index in [1.165, 1.54) is 6.92 Å². The lowest BCUT2D eigenvalue weighted by Crippen LogP contribution is -2.55. The summed E-state index contributed by atoms with van der Waals surface area (Å²) in [5.41, 5.74) is -0.590. The molecule has 0 unspecified atom stereocenters. The third-order valence-electron chi connectivity index (χ3n) is 4.69. The van der Waals surface area contributed by atoms with E-state index in [1.54, 1.807) is 35.4 Å². The molecule has 3 rings (SSSR count). The van der Waals surface area contributed by atoms with E-state index in [-0.39, 0.29) is 44.3 Å². The lowest BCUT2D eigenvalue weighted by Gasteiger charge is -2.38. The van der Waals surface area contributed by atoms with Gasteiger partial charge in [-0.1, -0.05) is 6.07 Å². The second kappa shape index (κ2) is 7.61. The van der Waals surface area contributed by atoms with Crippen molar-refractivity contribution in [3.8, 4) is 5.75 Å². The van der Waals surface area contributed by atoms with E-state index in [4.69, 9.17) is 4.74 Å². The van der Waals surface area contributed by atoms with Gasteiger partial charge < -0.3 is 20.1 Å². The standard InChI is InChI=1S/C19H21N3O5/c1-13(23)21-12-17(24)22-9-6-19(7-10-22,18(25)26)27-15-4-5-16-14(11-15)3-2-8-20-16/h2-5,8,11H,6-7,9-10,12H2,1H3,(H,21,23)(H,25,26). The van der Waals surface area contributed by atoms with Gasteiger partial charge in [-0.3, -0.25) is 14.6 Å². The van der Waals surface area contributed by atoms with Crippen molar-refractivity contribution in [3.05, 3.63) is 36.5 Å². The number of carbonyl (C=O) groups is 3. The number of carbonyl (C=O) groups excluding carboxylic acids is 2. The normalized spacial score (nSPS) is 16.0. The van der Waals surface area contributed by atoms with Crippen molar-refractivity contribution in [2.24, 2.45) is 0 Å². The van der Waals surface area contributed by atoms with Crippen LogP contribution in [0.1, 0.15) is 19.8 Å². The van der Waals surface area contributed by atoms with Crippen LogP contribution in [0, 0.1) is 0 Å². The molecule has 2 aromatic rings. The van der Waals surface area contributed by atoms with Crippen LogP contribution in [0.25, 0.3) is 10.9 Å². The molecule has 1 aromatic heterocycles. The number of nitrogens with one attached hydrogen (secondary N) is 1. The van der Waals surface area contributed by atoms with Crippen molar-refractivity contribution in [3.63, 3.8) is 0 Å². The maximum absolute atomic E-state index is 12.1. The predicted octanol–water partition coefficient (Wildman–Crippen LogP) is 1.20. The fraction of sp³-hybridized carbons (Fsp3) is 0.368. The van der Waals surface area contributed by atoms with Gasteiger partial charge in [-0.2, -0.15) is 0 Å². The Morgan fingerprint density at radius 2 is 2.00 bits per heavy atom. The van der Waals surface area contributed by atoms with E-state index in [0.29, 0.717) is 5.75 Å². The van der Waals surface area contributed by atoms with Crippen LogP contribution in [-0.2, 0) is 14.4 Å². The number of fused-ring (bicyclic) bond motifs is 1. The number of nitrogens with zero attached hydrogens (tertiary/aromatic N) is 2. The van der Waals surface area contributed by atoms with Crippen molar-refractivity contribution < 1.29 is 24.2 Å². The second-order valence-electron chi connectivity index (χ2n) is 6.55. The number of aliphatic carboxylic acids is 1. The van der Waals surface area contributed by atoms with Gasteiger partial charge in [0.15, 0.2) is 0 Å². The van der Waals surface area contributed by atoms with Gasteiger partial charge >= 0.3 is 5.97 Å². The van der Waals surface area contributed by atoms with Crippen LogP contribution in [0.15, 0.2) is 36.5 Å². The number of ether oxygens (including phenoxy) is 1. The average molecular weight is 371 g/mol. The number of pyridine rings is 1. The molecule has 0 saturated carbocycles. The lowest BCUT2D eigenvalue weighted by molar-refractivity contribution is -0.161. The minimum Gasteiger partial charge on any atom is -0.478 e. The van der Waals surface area contributed by atoms with Gasteiger partial charge in [0.05, 0.1) is 12.1 Å². The van der Waals surface area contributed by atoms with Crippen LogP contribution in [0.4, 0.5) is 0 Å². The SMILES string of the molecule is CC(=O)NCC(=O)N1CCC(Oc2ccc3ncccc3c2)(C(=O)O)CC1. The third-order valence-corrected chi connectivity index (χ3v) is 4.69. The molecule has 2 heterocycles. The Hall–Kier alpha value is -3.16. The summed E-state index contributed by atoms with van der Waals surface area (Å²) < 4.78 is 5.90. The summed E-state index contributed by atoms with van der Waals surface area (Å²) in [6.45, 7) is 1.75. The zero-order chi connectivity index (χ0) is 19.4. The number of aromatic nitrogens is 1. The van der Waals surface area contributed by atoms with E-state index in [1.807, 2.05) is 6.07 Å². The fourth-order valence-electron chi connectivity index (χ4n) is 3.13. The molecule has 1 aliphatic heterocycles. The molecule has 1 aromatic carbocycles. The molecule has 1 saturated heterocycles. The van der Waals surface area contributed by atoms with Crippen molar-refractivity contribution in [1.82, 2.24) is 15.2 Å². The number of carboxylic acid groups (broad SMARTS) is 1. The Bertz CT molecular complexity index is 875. The summed E-state index contributed by atoms with van der Waals surface area (Å²) in [4.78, 5) is 40.8. The molecule has 2 N–H and O–H groups in total. The summed E-state index contributed by atoms with van der Waals surface area (Å²) in [6.07, 6.45) is 2.02. The van der Waals surface area contributed by atoms with Crippen LogP contribution in [0.2, 0.25) is 0 Å². The van der Waals surface area contributed by atoms with Crippen molar-refractivity contribution in [2.45, 2.75) is 25.4 Å². The van der Waals surface area contributed by atoms with Crippen LogP contribution in [0.5, 0.6) is 5.75 Å². The number of hydrogen-bond acceptors (Lipinski definition) is 5. The maximum atomic E-state index is 12.1. The first-order valence-corrected chi connectivity index (χ1v) is 8.69. The smallest absolute Gasteiger partial charge is 0.348 e. The molecule has 2 amide bonds. The largest absolute Gasteiger partial charge is 0.478 e. The van der Waals surface area contributed by atoms with Crippen molar-refractivity contribution in [2.75, 3.05) is 19.6 Å². The minimum atomic E-state index is -1.39. The van der Waals surface area contributed by atoms with E-state index in [2.05, 4.69) is 10.3 Å². The molecule has 1 fully saturated rings. The molecule has 0 spiro atoms. The van der Waals surface area contributed by atoms with E-state index in [9.17, 15) is 19.5 Å². The van der Waals surface area contributed by atoms with Crippen molar-refractivity contribution in [1.29, 1.82) is 0 Å². The highest BCUT2D eigenvalue weighted by atomic mass is 16.5. The molecule has 0 bridgehead atoms. The summed E-state index contributed by atoms with van der Waals surface area (Å²) >= 11 is 0. The summed E-state index contributed by atoms with van der Waals surface area (Å²) in [7, 11) is 0. The molecular formula is C19H21N3O5. The predicted molar refractivity (Wildman–Crippen MR) is 97.2 cm³/mol. The first-order chi connectivity index (χ1) is 12.9. The highest BCUT2D eigenvalue weighted by Crippen LogP contribution is 2.30. The minimum absolute atomic E-state index is 0.0893. The van der Waals surface area contributed by atoms with Gasteiger partial charge in [-0.25, -0.2) is 4.79 Å². The Kier molecular flexibility index (Phi) is 5.25. The van der Waals surface area contributed by atoms with Crippen LogP contribution in [0.3, 0.4) is 0 Å². The highest BCUT2D eigenvalue weighted by Gasteiger charge is 2.45. The monoisotopic (exact) mass is 371 g/mol. The topological polar surface area (TPSA) is 109 Å². The molecule has 1 aliphatic rings. The summed E-state index contributed by atoms with van der Waals surface area (Å²) in [5, 5.41) is 13.1. The Morgan fingerprint density at radius 1 is 1.26 bits per heavy atom. The molecule has 8 nitrogen and oxygen atoms in total. The van der Waals surface area contributed by atoms with Gasteiger partial charge in [0.1, 0.15) is 5.75 Å². The van der Waals surface area contributed by atoms with Crippen LogP contribution >= 0.6 is 0 Å². The number of piperidine rings is 1. The van der Waals surface area contributed by atoms with Gasteiger partial charge in [0.2, 0.25) is 17.4 Å². The molecule has 8 heteroatoms. The third kappa shape index (κ3) is 4.16. The Labute approximate surface area is 156 Å². The van der Waals surface area contributed by atoms with E-state index < -0.39 is 11.6 Å². The number of benzene rings is 1. The number of carboxylic acids is 1. The van der Waals surface area contributed by atoms with Crippen molar-refractivity contribution >= 4 is 28.7 Å². The first-order valence-electron chi connectivity index (χ1n) is 8.69. The molecule has 0 atom stereocenters. The maximum Gasteiger partial charge on any atom is 0.348 e. The zero-order valence-corrected chi connectivity index (χ0v) is 15.0. The highest BCUT2D eigenvalue weighted by molar-refractivity contribution is 5.85. The lowest BCUT2D eigenvalue weighted by atomic mass is 9.91. The molecule has 142 valence electrons. The average Bonchev–Trinajstić information content (AvgIpc) is 2.66. The number of hydrogen-bond donors (Lipinski definition) is 2. The van der Waals surface area contributed by atoms with Gasteiger partial charge in [-0.15, -0.1) is 0 Å².